The standard InChI is InChI=1S/C15H25NO/c1-16(12-7-2-3-8-14-17)13-11-15-9-5-4-6-10-15/h4-6,9-10,17H,2-3,7-8,11-14H2,1H3. The number of benzene rings is 1. The third kappa shape index (κ3) is 7.14. The van der Waals surface area contributed by atoms with Crippen LogP contribution in [0.25, 0.3) is 0 Å². The van der Waals surface area contributed by atoms with Gasteiger partial charge in [-0.3, -0.25) is 0 Å². The minimum Gasteiger partial charge on any atom is -0.396 e. The van der Waals surface area contributed by atoms with Crippen LogP contribution in [0.1, 0.15) is 31.2 Å². The van der Waals surface area contributed by atoms with E-state index in [1.807, 2.05) is 0 Å². The van der Waals surface area contributed by atoms with Crippen LogP contribution in [0.3, 0.4) is 0 Å². The van der Waals surface area contributed by atoms with Gasteiger partial charge in [0.05, 0.1) is 0 Å². The summed E-state index contributed by atoms with van der Waals surface area (Å²) in [6.45, 7) is 2.63. The Morgan fingerprint density at radius 1 is 0.941 bits per heavy atom. The number of likely N-dealkylation sites (N-methyl/N-ethyl adjacent to an activating group) is 1. The van der Waals surface area contributed by atoms with Crippen molar-refractivity contribution in [1.29, 1.82) is 0 Å². The van der Waals surface area contributed by atoms with Gasteiger partial charge in [-0.25, -0.2) is 0 Å². The zero-order valence-corrected chi connectivity index (χ0v) is 10.9. The molecule has 0 amide bonds. The lowest BCUT2D eigenvalue weighted by Crippen LogP contribution is -2.22. The SMILES string of the molecule is CN(CCCCCCO)CCc1ccccc1. The normalized spacial score (nSPS) is 11.0. The first kappa shape index (κ1) is 14.2. The predicted octanol–water partition coefficient (Wildman–Crippen LogP) is 2.71. The van der Waals surface area contributed by atoms with Crippen molar-refractivity contribution in [1.82, 2.24) is 4.90 Å². The summed E-state index contributed by atoms with van der Waals surface area (Å²) >= 11 is 0. The number of rotatable bonds is 9. The highest BCUT2D eigenvalue weighted by Crippen LogP contribution is 2.03. The molecule has 0 bridgehead atoms. The summed E-state index contributed by atoms with van der Waals surface area (Å²) < 4.78 is 0. The summed E-state index contributed by atoms with van der Waals surface area (Å²) in [5, 5.41) is 8.67. The van der Waals surface area contributed by atoms with E-state index in [-0.39, 0.29) is 0 Å². The van der Waals surface area contributed by atoms with Crippen molar-refractivity contribution in [3.8, 4) is 0 Å². The summed E-state index contributed by atoms with van der Waals surface area (Å²) in [5.74, 6) is 0. The average molecular weight is 235 g/mol. The van der Waals surface area contributed by atoms with E-state index in [2.05, 4.69) is 42.3 Å². The van der Waals surface area contributed by atoms with E-state index in [4.69, 9.17) is 5.11 Å². The maximum atomic E-state index is 8.67. The van der Waals surface area contributed by atoms with Crippen LogP contribution in [0.5, 0.6) is 0 Å². The Kier molecular flexibility index (Phi) is 7.69. The maximum Gasteiger partial charge on any atom is 0.0431 e. The fourth-order valence-corrected chi connectivity index (χ4v) is 1.92. The van der Waals surface area contributed by atoms with Crippen LogP contribution in [0.4, 0.5) is 0 Å². The van der Waals surface area contributed by atoms with Crippen molar-refractivity contribution in [3.05, 3.63) is 35.9 Å². The second kappa shape index (κ2) is 9.20. The van der Waals surface area contributed by atoms with E-state index in [9.17, 15) is 0 Å². The smallest absolute Gasteiger partial charge is 0.0431 e. The fourth-order valence-electron chi connectivity index (χ4n) is 1.92. The third-order valence-electron chi connectivity index (χ3n) is 3.07. The van der Waals surface area contributed by atoms with Crippen molar-refractivity contribution in [2.75, 3.05) is 26.7 Å². The van der Waals surface area contributed by atoms with Crippen LogP contribution < -0.4 is 0 Å². The molecule has 0 aliphatic heterocycles. The summed E-state index contributed by atoms with van der Waals surface area (Å²) in [4.78, 5) is 2.39. The van der Waals surface area contributed by atoms with E-state index in [1.54, 1.807) is 0 Å². The van der Waals surface area contributed by atoms with Crippen LogP contribution in [0, 0.1) is 0 Å². The van der Waals surface area contributed by atoms with Gasteiger partial charge in [-0.05, 0) is 38.4 Å². The van der Waals surface area contributed by atoms with Crippen LogP contribution in [-0.4, -0.2) is 36.8 Å². The first-order chi connectivity index (χ1) is 8.33. The molecule has 0 atom stereocenters. The minimum absolute atomic E-state index is 0.337. The van der Waals surface area contributed by atoms with Gasteiger partial charge >= 0.3 is 0 Å². The van der Waals surface area contributed by atoms with E-state index < -0.39 is 0 Å². The molecule has 0 spiro atoms. The molecule has 0 unspecified atom stereocenters. The Balaban J connectivity index is 2.03. The molecule has 0 aromatic heterocycles. The molecule has 1 rings (SSSR count). The molecule has 96 valence electrons. The quantitative estimate of drug-likeness (QED) is 0.665. The molecular weight excluding hydrogens is 210 g/mol. The summed E-state index contributed by atoms with van der Waals surface area (Å²) in [6, 6.07) is 10.6. The van der Waals surface area contributed by atoms with E-state index in [1.165, 1.54) is 18.4 Å². The van der Waals surface area contributed by atoms with Gasteiger partial charge < -0.3 is 10.0 Å². The Hall–Kier alpha value is -0.860. The van der Waals surface area contributed by atoms with Crippen molar-refractivity contribution in [2.45, 2.75) is 32.1 Å². The van der Waals surface area contributed by atoms with Gasteiger partial charge in [-0.1, -0.05) is 43.2 Å². The molecule has 2 nitrogen and oxygen atoms in total. The molecule has 0 aliphatic rings. The van der Waals surface area contributed by atoms with Gasteiger partial charge in [-0.15, -0.1) is 0 Å². The highest BCUT2D eigenvalue weighted by molar-refractivity contribution is 5.14. The van der Waals surface area contributed by atoms with E-state index in [0.29, 0.717) is 6.61 Å². The molecule has 17 heavy (non-hydrogen) atoms. The van der Waals surface area contributed by atoms with Crippen molar-refractivity contribution < 1.29 is 5.11 Å². The number of aliphatic hydroxyl groups excluding tert-OH is 1. The lowest BCUT2D eigenvalue weighted by molar-refractivity contribution is 0.278. The first-order valence-electron chi connectivity index (χ1n) is 6.66. The van der Waals surface area contributed by atoms with Gasteiger partial charge in [0.2, 0.25) is 0 Å². The lowest BCUT2D eigenvalue weighted by atomic mass is 10.1. The Bertz CT molecular complexity index is 274. The van der Waals surface area contributed by atoms with Crippen molar-refractivity contribution in [3.63, 3.8) is 0 Å². The zero-order valence-electron chi connectivity index (χ0n) is 10.9. The molecule has 0 saturated heterocycles. The van der Waals surface area contributed by atoms with Gasteiger partial charge in [-0.2, -0.15) is 0 Å². The van der Waals surface area contributed by atoms with Gasteiger partial charge in [0.1, 0.15) is 0 Å². The molecule has 0 aliphatic carbocycles. The molecule has 2 heteroatoms. The summed E-state index contributed by atoms with van der Waals surface area (Å²) in [6.07, 6.45) is 5.71. The molecule has 0 radical (unpaired) electrons. The number of hydrogen-bond acceptors (Lipinski definition) is 2. The van der Waals surface area contributed by atoms with Gasteiger partial charge in [0.15, 0.2) is 0 Å². The van der Waals surface area contributed by atoms with Crippen LogP contribution in [-0.2, 0) is 6.42 Å². The van der Waals surface area contributed by atoms with Gasteiger partial charge in [0, 0.05) is 13.2 Å². The number of hydrogen-bond donors (Lipinski definition) is 1. The van der Waals surface area contributed by atoms with Gasteiger partial charge in [0.25, 0.3) is 0 Å². The third-order valence-corrected chi connectivity index (χ3v) is 3.07. The number of unbranched alkanes of at least 4 members (excludes halogenated alkanes) is 3. The highest BCUT2D eigenvalue weighted by Gasteiger charge is 1.99. The largest absolute Gasteiger partial charge is 0.396 e. The Morgan fingerprint density at radius 2 is 1.65 bits per heavy atom. The summed E-state index contributed by atoms with van der Waals surface area (Å²) in [5.41, 5.74) is 1.42. The number of nitrogens with zero attached hydrogens (tertiary/aromatic N) is 1. The second-order valence-electron chi connectivity index (χ2n) is 4.68. The van der Waals surface area contributed by atoms with Crippen LogP contribution in [0.15, 0.2) is 30.3 Å². The Labute approximate surface area is 105 Å². The second-order valence-corrected chi connectivity index (χ2v) is 4.68. The topological polar surface area (TPSA) is 23.5 Å². The zero-order chi connectivity index (χ0) is 12.3. The van der Waals surface area contributed by atoms with Crippen LogP contribution >= 0.6 is 0 Å². The molecule has 1 aromatic rings. The molecule has 1 N–H and O–H groups in total. The summed E-state index contributed by atoms with van der Waals surface area (Å²) in [7, 11) is 2.19. The number of aliphatic hydroxyl groups is 1. The van der Waals surface area contributed by atoms with E-state index in [0.717, 1.165) is 32.4 Å². The molecular formula is C15H25NO. The van der Waals surface area contributed by atoms with E-state index >= 15 is 0 Å². The Morgan fingerprint density at radius 3 is 2.35 bits per heavy atom. The lowest BCUT2D eigenvalue weighted by Gasteiger charge is -2.16. The van der Waals surface area contributed by atoms with Crippen LogP contribution in [0.2, 0.25) is 0 Å². The monoisotopic (exact) mass is 235 g/mol. The fraction of sp³-hybridized carbons (Fsp3) is 0.600. The highest BCUT2D eigenvalue weighted by atomic mass is 16.2. The maximum absolute atomic E-state index is 8.67. The van der Waals surface area contributed by atoms with Crippen molar-refractivity contribution >= 4 is 0 Å². The molecule has 0 fully saturated rings. The van der Waals surface area contributed by atoms with Crippen molar-refractivity contribution in [2.24, 2.45) is 0 Å². The minimum atomic E-state index is 0.337. The molecule has 0 saturated carbocycles. The average Bonchev–Trinajstić information content (AvgIpc) is 2.37. The predicted molar refractivity (Wildman–Crippen MR) is 73.2 cm³/mol. The molecule has 0 heterocycles. The molecule has 1 aromatic carbocycles. The first-order valence-corrected chi connectivity index (χ1v) is 6.66.